The van der Waals surface area contributed by atoms with Crippen LogP contribution in [0.25, 0.3) is 16.6 Å². The molecule has 2 heterocycles. The summed E-state index contributed by atoms with van der Waals surface area (Å²) in [6.07, 6.45) is 4.71. The van der Waals surface area contributed by atoms with Gasteiger partial charge in [-0.3, -0.25) is 0 Å². The Hall–Kier alpha value is -3.02. The van der Waals surface area contributed by atoms with Crippen LogP contribution in [-0.2, 0) is 4.74 Å². The van der Waals surface area contributed by atoms with Gasteiger partial charge >= 0.3 is 0 Å². The third-order valence-corrected chi connectivity index (χ3v) is 5.85. The Balaban J connectivity index is 1.79. The fourth-order valence-corrected chi connectivity index (χ4v) is 4.26. The topological polar surface area (TPSA) is 95.5 Å². The third kappa shape index (κ3) is 4.38. The van der Waals surface area contributed by atoms with E-state index in [1.54, 1.807) is 19.4 Å². The zero-order chi connectivity index (χ0) is 22.0. The van der Waals surface area contributed by atoms with Crippen LogP contribution in [0.4, 0.5) is 10.3 Å². The van der Waals surface area contributed by atoms with Gasteiger partial charge in [-0.2, -0.15) is 5.26 Å². The summed E-state index contributed by atoms with van der Waals surface area (Å²) >= 11 is 0. The number of fused-ring (bicyclic) bond motifs is 1. The van der Waals surface area contributed by atoms with Gasteiger partial charge in [0.1, 0.15) is 11.9 Å². The van der Waals surface area contributed by atoms with Gasteiger partial charge in [-0.05, 0) is 56.4 Å². The Labute approximate surface area is 180 Å². The summed E-state index contributed by atoms with van der Waals surface area (Å²) in [6.45, 7) is 2.51. The second kappa shape index (κ2) is 9.00. The first-order valence-electron chi connectivity index (χ1n) is 10.5. The molecule has 0 bridgehead atoms. The third-order valence-electron chi connectivity index (χ3n) is 5.85. The van der Waals surface area contributed by atoms with E-state index in [9.17, 15) is 9.50 Å². The van der Waals surface area contributed by atoms with Crippen LogP contribution in [0.1, 0.15) is 49.8 Å². The lowest BCUT2D eigenvalue weighted by Gasteiger charge is -2.25. The lowest BCUT2D eigenvalue weighted by Crippen LogP contribution is -2.23. The molecule has 31 heavy (non-hydrogen) atoms. The highest BCUT2D eigenvalue weighted by molar-refractivity contribution is 5.82. The normalized spacial score (nSPS) is 19.8. The van der Waals surface area contributed by atoms with E-state index in [-0.39, 0.29) is 23.6 Å². The molecule has 1 aliphatic carbocycles. The van der Waals surface area contributed by atoms with Crippen molar-refractivity contribution >= 4 is 11.5 Å². The molecule has 1 aromatic carbocycles. The maximum absolute atomic E-state index is 14.3. The van der Waals surface area contributed by atoms with E-state index in [1.807, 2.05) is 23.6 Å². The van der Waals surface area contributed by atoms with E-state index in [2.05, 4.69) is 10.3 Å². The number of anilines is 1. The van der Waals surface area contributed by atoms with E-state index in [4.69, 9.17) is 15.1 Å². The monoisotopic (exact) mass is 423 g/mol. The Bertz CT molecular complexity index is 1120. The van der Waals surface area contributed by atoms with Crippen molar-refractivity contribution in [3.8, 4) is 17.2 Å². The van der Waals surface area contributed by atoms with Crippen LogP contribution in [0, 0.1) is 17.1 Å². The van der Waals surface area contributed by atoms with Gasteiger partial charge in [0.2, 0.25) is 5.95 Å². The molecule has 162 valence electrons. The van der Waals surface area contributed by atoms with Gasteiger partial charge < -0.3 is 15.2 Å². The highest BCUT2D eigenvalue weighted by Crippen LogP contribution is 2.37. The van der Waals surface area contributed by atoms with Crippen molar-refractivity contribution in [2.75, 3.05) is 19.0 Å². The zero-order valence-electron chi connectivity index (χ0n) is 17.7. The van der Waals surface area contributed by atoms with E-state index in [0.29, 0.717) is 18.1 Å². The molecule has 0 radical (unpaired) electrons. The molecule has 7 nitrogen and oxygen atoms in total. The maximum Gasteiger partial charge on any atom is 0.241 e. The van der Waals surface area contributed by atoms with Gasteiger partial charge in [-0.15, -0.1) is 5.10 Å². The summed E-state index contributed by atoms with van der Waals surface area (Å²) in [5.74, 6) is 0.184. The Morgan fingerprint density at radius 1 is 1.32 bits per heavy atom. The number of hydrogen-bond donors (Lipinski definition) is 2. The molecular weight excluding hydrogens is 397 g/mol. The summed E-state index contributed by atoms with van der Waals surface area (Å²) < 4.78 is 21.4. The van der Waals surface area contributed by atoms with Gasteiger partial charge in [0.15, 0.2) is 0 Å². The number of aliphatic hydroxyl groups excluding tert-OH is 1. The van der Waals surface area contributed by atoms with Crippen molar-refractivity contribution in [2.45, 2.75) is 50.7 Å². The molecule has 8 heteroatoms. The summed E-state index contributed by atoms with van der Waals surface area (Å²) in [6, 6.07) is 8.56. The van der Waals surface area contributed by atoms with E-state index in [1.165, 1.54) is 12.1 Å². The summed E-state index contributed by atoms with van der Waals surface area (Å²) in [5, 5.41) is 26.9. The van der Waals surface area contributed by atoms with Crippen molar-refractivity contribution in [2.24, 2.45) is 0 Å². The van der Waals surface area contributed by atoms with Gasteiger partial charge in [0.25, 0.3) is 0 Å². The average Bonchev–Trinajstić information content (AvgIpc) is 3.13. The number of nitriles is 1. The van der Waals surface area contributed by atoms with E-state index >= 15 is 0 Å². The van der Waals surface area contributed by atoms with Gasteiger partial charge in [0.05, 0.1) is 30.0 Å². The van der Waals surface area contributed by atoms with Crippen LogP contribution < -0.4 is 5.32 Å². The molecule has 0 saturated heterocycles. The number of halogens is 1. The van der Waals surface area contributed by atoms with Crippen molar-refractivity contribution in [3.63, 3.8) is 0 Å². The predicted molar refractivity (Wildman–Crippen MR) is 115 cm³/mol. The highest BCUT2D eigenvalue weighted by Gasteiger charge is 2.26. The quantitative estimate of drug-likeness (QED) is 0.625. The minimum Gasteiger partial charge on any atom is -0.393 e. The molecule has 1 saturated carbocycles. The number of nitrogens with zero attached hydrogens (tertiary/aromatic N) is 4. The number of aliphatic hydroxyl groups is 1. The Kier molecular flexibility index (Phi) is 6.16. The lowest BCUT2D eigenvalue weighted by molar-refractivity contribution is 0.121. The SMILES string of the molecule is COC[C@H](C)Nc1ncc2c(-c3ccc(C#N)c(F)c3)cc([C@H]3CC[C@H](O)CC3)n2n1. The minimum atomic E-state index is -0.547. The molecule has 0 spiro atoms. The summed E-state index contributed by atoms with van der Waals surface area (Å²) in [7, 11) is 1.65. The number of rotatable bonds is 6. The van der Waals surface area contributed by atoms with Crippen LogP contribution in [0.5, 0.6) is 0 Å². The van der Waals surface area contributed by atoms with Crippen LogP contribution in [0.3, 0.4) is 0 Å². The number of hydrogen-bond acceptors (Lipinski definition) is 6. The van der Waals surface area contributed by atoms with Crippen LogP contribution in [-0.4, -0.2) is 45.6 Å². The van der Waals surface area contributed by atoms with Crippen LogP contribution >= 0.6 is 0 Å². The smallest absolute Gasteiger partial charge is 0.241 e. The molecule has 3 aromatic rings. The first kappa shape index (κ1) is 21.2. The molecule has 2 N–H and O–H groups in total. The second-order valence-corrected chi connectivity index (χ2v) is 8.17. The Morgan fingerprint density at radius 2 is 2.10 bits per heavy atom. The van der Waals surface area contributed by atoms with Gasteiger partial charge in [-0.1, -0.05) is 6.07 Å². The highest BCUT2D eigenvalue weighted by atomic mass is 19.1. The minimum absolute atomic E-state index is 0.0172. The summed E-state index contributed by atoms with van der Waals surface area (Å²) in [5.41, 5.74) is 3.31. The van der Waals surface area contributed by atoms with Crippen LogP contribution in [0.15, 0.2) is 30.5 Å². The second-order valence-electron chi connectivity index (χ2n) is 8.17. The molecule has 1 atom stereocenters. The van der Waals surface area contributed by atoms with Crippen molar-refractivity contribution < 1.29 is 14.2 Å². The molecule has 4 rings (SSSR count). The molecule has 1 fully saturated rings. The van der Waals surface area contributed by atoms with E-state index in [0.717, 1.165) is 42.5 Å². The van der Waals surface area contributed by atoms with Crippen molar-refractivity contribution in [3.05, 3.63) is 47.5 Å². The molecule has 0 aliphatic heterocycles. The number of nitrogens with one attached hydrogen (secondary N) is 1. The molecule has 2 aromatic heterocycles. The largest absolute Gasteiger partial charge is 0.393 e. The standard InChI is InChI=1S/C23H26FN5O2/c1-14(13-31-2)27-23-26-12-22-19(16-3-4-17(11-25)20(24)9-16)10-21(29(22)28-23)15-5-7-18(30)8-6-15/h3-4,9-10,12,14-15,18,30H,5-8,13H2,1-2H3,(H,27,28)/t14-,15-,18-/m0/s1. The number of methoxy groups -OCH3 is 1. The number of benzene rings is 1. The lowest BCUT2D eigenvalue weighted by atomic mass is 9.85. The van der Waals surface area contributed by atoms with Crippen molar-refractivity contribution in [1.82, 2.24) is 14.6 Å². The van der Waals surface area contributed by atoms with Gasteiger partial charge in [0, 0.05) is 30.3 Å². The number of ether oxygens (including phenoxy) is 1. The molecule has 1 aliphatic rings. The first-order valence-corrected chi connectivity index (χ1v) is 10.5. The Morgan fingerprint density at radius 3 is 2.77 bits per heavy atom. The van der Waals surface area contributed by atoms with Gasteiger partial charge in [-0.25, -0.2) is 13.9 Å². The average molecular weight is 423 g/mol. The fraction of sp³-hybridized carbons (Fsp3) is 0.435. The van der Waals surface area contributed by atoms with E-state index < -0.39 is 5.82 Å². The zero-order valence-corrected chi connectivity index (χ0v) is 17.7. The summed E-state index contributed by atoms with van der Waals surface area (Å²) in [4.78, 5) is 4.46. The maximum atomic E-state index is 14.3. The number of aromatic nitrogens is 3. The molecule has 0 unspecified atom stereocenters. The first-order chi connectivity index (χ1) is 15.0. The fourth-order valence-electron chi connectivity index (χ4n) is 4.26. The van der Waals surface area contributed by atoms with Crippen LogP contribution in [0.2, 0.25) is 0 Å². The van der Waals surface area contributed by atoms with Crippen molar-refractivity contribution in [1.29, 1.82) is 5.26 Å². The molecule has 0 amide bonds. The predicted octanol–water partition coefficient (Wildman–Crippen LogP) is 3.87. The molecular formula is C23H26FN5O2.